The Morgan fingerprint density at radius 1 is 1.04 bits per heavy atom. The molecule has 0 radical (unpaired) electrons. The molecule has 0 spiro atoms. The second kappa shape index (κ2) is 7.92. The molecule has 4 rings (SSSR count). The van der Waals surface area contributed by atoms with Gasteiger partial charge in [0, 0.05) is 19.2 Å². The molecule has 0 saturated heterocycles. The number of pyridine rings is 1. The molecule has 144 valence electrons. The van der Waals surface area contributed by atoms with Crippen LogP contribution in [0.15, 0.2) is 59.8 Å². The van der Waals surface area contributed by atoms with Crippen LogP contribution in [0.2, 0.25) is 0 Å². The Morgan fingerprint density at radius 2 is 1.82 bits per heavy atom. The molecule has 6 heteroatoms. The normalized spacial score (nSPS) is 16.0. The monoisotopic (exact) mass is 376 g/mol. The highest BCUT2D eigenvalue weighted by Crippen LogP contribution is 2.40. The standard InChI is InChI=1S/C22H24N4O2/c27-20(25-19-10-4-7-13-23-19)14-22(11-5-1-6-12-22)15-26-16-24-18-9-3-2-8-17(18)21(26)28/h2-4,7-10,13,16H,1,5-6,11-12,14-15H2,(H,23,25,27). The van der Waals surface area contributed by atoms with E-state index in [1.807, 2.05) is 36.4 Å². The van der Waals surface area contributed by atoms with Crippen LogP contribution in [0.5, 0.6) is 0 Å². The quantitative estimate of drug-likeness (QED) is 0.735. The van der Waals surface area contributed by atoms with Crippen molar-refractivity contribution >= 4 is 22.6 Å². The number of nitrogens with zero attached hydrogens (tertiary/aromatic N) is 3. The average Bonchev–Trinajstić information content (AvgIpc) is 2.72. The number of hydrogen-bond acceptors (Lipinski definition) is 4. The van der Waals surface area contributed by atoms with Gasteiger partial charge in [-0.15, -0.1) is 0 Å². The maximum absolute atomic E-state index is 12.9. The lowest BCUT2D eigenvalue weighted by Crippen LogP contribution is -2.37. The Morgan fingerprint density at radius 3 is 2.61 bits per heavy atom. The first-order valence-corrected chi connectivity index (χ1v) is 9.80. The number of para-hydroxylation sites is 1. The number of fused-ring (bicyclic) bond motifs is 1. The maximum atomic E-state index is 12.9. The Balaban J connectivity index is 1.58. The molecule has 2 heterocycles. The van der Waals surface area contributed by atoms with Crippen molar-refractivity contribution in [1.82, 2.24) is 14.5 Å². The van der Waals surface area contributed by atoms with Gasteiger partial charge >= 0.3 is 0 Å². The van der Waals surface area contributed by atoms with Crippen molar-refractivity contribution in [2.75, 3.05) is 5.32 Å². The van der Waals surface area contributed by atoms with E-state index in [2.05, 4.69) is 15.3 Å². The number of amides is 1. The molecule has 1 saturated carbocycles. The Kier molecular flexibility index (Phi) is 5.19. The van der Waals surface area contributed by atoms with E-state index in [9.17, 15) is 9.59 Å². The molecule has 6 nitrogen and oxygen atoms in total. The molecule has 3 aromatic rings. The number of rotatable bonds is 5. The smallest absolute Gasteiger partial charge is 0.261 e. The molecule has 2 aromatic heterocycles. The maximum Gasteiger partial charge on any atom is 0.261 e. The second-order valence-corrected chi connectivity index (χ2v) is 7.70. The lowest BCUT2D eigenvalue weighted by Gasteiger charge is -2.37. The third-order valence-corrected chi connectivity index (χ3v) is 5.62. The number of anilines is 1. The first kappa shape index (κ1) is 18.3. The van der Waals surface area contributed by atoms with Gasteiger partial charge in [0.2, 0.25) is 5.91 Å². The topological polar surface area (TPSA) is 76.9 Å². The van der Waals surface area contributed by atoms with Crippen LogP contribution in [0.4, 0.5) is 5.82 Å². The fourth-order valence-corrected chi connectivity index (χ4v) is 4.24. The van der Waals surface area contributed by atoms with Gasteiger partial charge in [0.25, 0.3) is 5.56 Å². The van der Waals surface area contributed by atoms with E-state index >= 15 is 0 Å². The van der Waals surface area contributed by atoms with E-state index in [4.69, 9.17) is 0 Å². The SMILES string of the molecule is O=C(CC1(Cn2cnc3ccccc3c2=O)CCCCC1)Nc1ccccn1. The average molecular weight is 376 g/mol. The Bertz CT molecular complexity index is 1020. The molecule has 0 unspecified atom stereocenters. The van der Waals surface area contributed by atoms with Crippen molar-refractivity contribution < 1.29 is 4.79 Å². The molecule has 0 aliphatic heterocycles. The van der Waals surface area contributed by atoms with Crippen molar-refractivity contribution in [3.8, 4) is 0 Å². The van der Waals surface area contributed by atoms with Gasteiger partial charge in [0.05, 0.1) is 17.2 Å². The summed E-state index contributed by atoms with van der Waals surface area (Å²) in [5.74, 6) is 0.505. The highest BCUT2D eigenvalue weighted by Gasteiger charge is 2.35. The van der Waals surface area contributed by atoms with E-state index in [0.29, 0.717) is 29.7 Å². The van der Waals surface area contributed by atoms with Crippen LogP contribution in [0.3, 0.4) is 0 Å². The van der Waals surface area contributed by atoms with Crippen LogP contribution in [0.25, 0.3) is 10.9 Å². The molecule has 1 aliphatic rings. The van der Waals surface area contributed by atoms with E-state index < -0.39 is 0 Å². The molecule has 1 fully saturated rings. The Hall–Kier alpha value is -3.02. The lowest BCUT2D eigenvalue weighted by molar-refractivity contribution is -0.119. The lowest BCUT2D eigenvalue weighted by atomic mass is 9.71. The number of carbonyl (C=O) groups excluding carboxylic acids is 1. The summed E-state index contributed by atoms with van der Waals surface area (Å²) in [6.07, 6.45) is 8.85. The summed E-state index contributed by atoms with van der Waals surface area (Å²) < 4.78 is 1.68. The van der Waals surface area contributed by atoms with Gasteiger partial charge in [0.1, 0.15) is 5.82 Å². The summed E-state index contributed by atoms with van der Waals surface area (Å²) in [5.41, 5.74) is 0.431. The predicted octanol–water partition coefficient (Wildman–Crippen LogP) is 3.77. The van der Waals surface area contributed by atoms with Crippen LogP contribution < -0.4 is 10.9 Å². The van der Waals surface area contributed by atoms with Gasteiger partial charge in [-0.2, -0.15) is 0 Å². The van der Waals surface area contributed by atoms with Gasteiger partial charge in [-0.25, -0.2) is 9.97 Å². The zero-order valence-corrected chi connectivity index (χ0v) is 15.8. The molecule has 1 aromatic carbocycles. The Labute approximate surface area is 163 Å². The predicted molar refractivity (Wildman–Crippen MR) is 109 cm³/mol. The minimum atomic E-state index is -0.231. The summed E-state index contributed by atoms with van der Waals surface area (Å²) >= 11 is 0. The van der Waals surface area contributed by atoms with Gasteiger partial charge in [0.15, 0.2) is 0 Å². The molecule has 0 atom stereocenters. The minimum absolute atomic E-state index is 0.0410. The zero-order chi connectivity index (χ0) is 19.4. The summed E-state index contributed by atoms with van der Waals surface area (Å²) in [6.45, 7) is 0.513. The fraction of sp³-hybridized carbons (Fsp3) is 0.364. The fourth-order valence-electron chi connectivity index (χ4n) is 4.24. The summed E-state index contributed by atoms with van der Waals surface area (Å²) in [4.78, 5) is 34.3. The molecular weight excluding hydrogens is 352 g/mol. The minimum Gasteiger partial charge on any atom is -0.311 e. The third kappa shape index (κ3) is 3.96. The molecule has 0 bridgehead atoms. The van der Waals surface area contributed by atoms with E-state index in [1.54, 1.807) is 23.2 Å². The van der Waals surface area contributed by atoms with Gasteiger partial charge in [-0.1, -0.05) is 37.5 Å². The molecule has 1 amide bonds. The first-order chi connectivity index (χ1) is 13.7. The number of hydrogen-bond donors (Lipinski definition) is 1. The number of nitrogens with one attached hydrogen (secondary N) is 1. The van der Waals surface area contributed by atoms with Crippen LogP contribution in [-0.4, -0.2) is 20.4 Å². The summed E-state index contributed by atoms with van der Waals surface area (Å²) in [7, 11) is 0. The molecule has 1 aliphatic carbocycles. The van der Waals surface area contributed by atoms with E-state index in [-0.39, 0.29) is 16.9 Å². The third-order valence-electron chi connectivity index (χ3n) is 5.62. The van der Waals surface area contributed by atoms with Gasteiger partial charge in [-0.05, 0) is 42.5 Å². The van der Waals surface area contributed by atoms with Gasteiger partial charge < -0.3 is 5.32 Å². The van der Waals surface area contributed by atoms with Crippen LogP contribution in [0.1, 0.15) is 38.5 Å². The number of carbonyl (C=O) groups is 1. The summed E-state index contributed by atoms with van der Waals surface area (Å²) in [5, 5.41) is 3.51. The zero-order valence-electron chi connectivity index (χ0n) is 15.8. The van der Waals surface area contributed by atoms with Crippen LogP contribution >= 0.6 is 0 Å². The van der Waals surface area contributed by atoms with Crippen LogP contribution in [0, 0.1) is 5.41 Å². The second-order valence-electron chi connectivity index (χ2n) is 7.70. The van der Waals surface area contributed by atoms with Crippen LogP contribution in [-0.2, 0) is 11.3 Å². The molecule has 28 heavy (non-hydrogen) atoms. The van der Waals surface area contributed by atoms with Crippen molar-refractivity contribution in [2.45, 2.75) is 45.1 Å². The van der Waals surface area contributed by atoms with Crippen molar-refractivity contribution in [1.29, 1.82) is 0 Å². The van der Waals surface area contributed by atoms with Crippen molar-refractivity contribution in [3.63, 3.8) is 0 Å². The van der Waals surface area contributed by atoms with Crippen molar-refractivity contribution in [2.24, 2.45) is 5.41 Å². The summed E-state index contributed by atoms with van der Waals surface area (Å²) in [6, 6.07) is 12.8. The number of benzene rings is 1. The first-order valence-electron chi connectivity index (χ1n) is 9.80. The van der Waals surface area contributed by atoms with E-state index in [1.165, 1.54) is 6.42 Å². The highest BCUT2D eigenvalue weighted by atomic mass is 16.1. The van der Waals surface area contributed by atoms with E-state index in [0.717, 1.165) is 25.7 Å². The number of aromatic nitrogens is 3. The molecular formula is C22H24N4O2. The highest BCUT2D eigenvalue weighted by molar-refractivity contribution is 5.90. The van der Waals surface area contributed by atoms with Crippen molar-refractivity contribution in [3.05, 3.63) is 65.3 Å². The molecule has 1 N–H and O–H groups in total. The largest absolute Gasteiger partial charge is 0.311 e. The van der Waals surface area contributed by atoms with Gasteiger partial charge in [-0.3, -0.25) is 14.2 Å².